The third kappa shape index (κ3) is 4.04. The molecule has 1 aromatic heterocycles. The van der Waals surface area contributed by atoms with Crippen LogP contribution in [0.4, 0.5) is 0 Å². The second kappa shape index (κ2) is 8.35. The normalized spacial score (nSPS) is 15.5. The number of carbonyl (C=O) groups is 1. The van der Waals surface area contributed by atoms with Crippen LogP contribution in [0.5, 0.6) is 0 Å². The minimum atomic E-state index is 0.0977. The number of amides is 1. The van der Waals surface area contributed by atoms with Gasteiger partial charge in [-0.15, -0.1) is 0 Å². The molecule has 0 N–H and O–H groups in total. The van der Waals surface area contributed by atoms with E-state index in [-0.39, 0.29) is 11.3 Å². The van der Waals surface area contributed by atoms with Crippen LogP contribution in [0.3, 0.4) is 0 Å². The fourth-order valence-corrected chi connectivity index (χ4v) is 4.15. The molecule has 29 heavy (non-hydrogen) atoms. The molecule has 0 spiro atoms. The average Bonchev–Trinajstić information content (AvgIpc) is 2.74. The number of benzene rings is 2. The molecule has 0 radical (unpaired) electrons. The largest absolute Gasteiger partial charge is 0.339 e. The van der Waals surface area contributed by atoms with Gasteiger partial charge in [-0.3, -0.25) is 14.5 Å². The summed E-state index contributed by atoms with van der Waals surface area (Å²) in [7, 11) is 3.85. The highest BCUT2D eigenvalue weighted by molar-refractivity contribution is 5.93. The second-order valence-electron chi connectivity index (χ2n) is 7.98. The van der Waals surface area contributed by atoms with E-state index in [2.05, 4.69) is 9.47 Å². The van der Waals surface area contributed by atoms with E-state index in [9.17, 15) is 9.59 Å². The number of likely N-dealkylation sites (N-methyl/N-ethyl adjacent to an activating group) is 1. The molecule has 1 aliphatic rings. The SMILES string of the molecule is CN(C)CC(=O)N1CCN(CCn2c3ccccc3c(=O)c3ccccc32)CC1. The van der Waals surface area contributed by atoms with Crippen molar-refractivity contribution in [1.29, 1.82) is 0 Å². The molecule has 1 aliphatic heterocycles. The minimum Gasteiger partial charge on any atom is -0.339 e. The van der Waals surface area contributed by atoms with Gasteiger partial charge in [-0.05, 0) is 38.4 Å². The Hall–Kier alpha value is -2.70. The monoisotopic (exact) mass is 392 g/mol. The molecule has 152 valence electrons. The Bertz CT molecular complexity index is 1020. The zero-order valence-electron chi connectivity index (χ0n) is 17.2. The maximum atomic E-state index is 12.9. The molecule has 2 heterocycles. The predicted octanol–water partition coefficient (Wildman–Crippen LogP) is 1.86. The molecule has 1 amide bonds. The number of pyridine rings is 1. The molecule has 0 saturated carbocycles. The number of piperazine rings is 1. The summed E-state index contributed by atoms with van der Waals surface area (Å²) in [6.45, 7) is 5.50. The van der Waals surface area contributed by atoms with Crippen molar-refractivity contribution in [3.8, 4) is 0 Å². The van der Waals surface area contributed by atoms with Gasteiger partial charge >= 0.3 is 0 Å². The molecule has 1 fully saturated rings. The zero-order valence-corrected chi connectivity index (χ0v) is 17.2. The Kier molecular flexibility index (Phi) is 5.65. The van der Waals surface area contributed by atoms with E-state index in [1.807, 2.05) is 72.4 Å². The van der Waals surface area contributed by atoms with Crippen LogP contribution in [-0.2, 0) is 11.3 Å². The lowest BCUT2D eigenvalue weighted by molar-refractivity contribution is -0.133. The van der Waals surface area contributed by atoms with Gasteiger partial charge in [0.25, 0.3) is 0 Å². The summed E-state index contributed by atoms with van der Waals surface area (Å²) in [5.41, 5.74) is 2.06. The van der Waals surface area contributed by atoms with E-state index in [4.69, 9.17) is 0 Å². The maximum Gasteiger partial charge on any atom is 0.236 e. The second-order valence-corrected chi connectivity index (χ2v) is 7.98. The van der Waals surface area contributed by atoms with E-state index in [1.165, 1.54) is 0 Å². The highest BCUT2D eigenvalue weighted by Crippen LogP contribution is 2.19. The number of carbonyl (C=O) groups excluding carboxylic acids is 1. The van der Waals surface area contributed by atoms with Gasteiger partial charge in [-0.25, -0.2) is 0 Å². The first-order valence-corrected chi connectivity index (χ1v) is 10.2. The summed E-state index contributed by atoms with van der Waals surface area (Å²) < 4.78 is 2.26. The number of aromatic nitrogens is 1. The summed E-state index contributed by atoms with van der Waals surface area (Å²) in [6.07, 6.45) is 0. The summed E-state index contributed by atoms with van der Waals surface area (Å²) in [4.78, 5) is 31.4. The molecule has 6 heteroatoms. The maximum absolute atomic E-state index is 12.9. The van der Waals surface area contributed by atoms with Crippen molar-refractivity contribution < 1.29 is 4.79 Å². The molecular formula is C23H28N4O2. The Morgan fingerprint density at radius 3 is 1.97 bits per heavy atom. The molecule has 0 aliphatic carbocycles. The first-order valence-electron chi connectivity index (χ1n) is 10.2. The van der Waals surface area contributed by atoms with Crippen LogP contribution in [0.2, 0.25) is 0 Å². The van der Waals surface area contributed by atoms with Crippen LogP contribution >= 0.6 is 0 Å². The van der Waals surface area contributed by atoms with Crippen LogP contribution in [0.25, 0.3) is 21.8 Å². The first kappa shape index (κ1) is 19.6. The highest BCUT2D eigenvalue weighted by atomic mass is 16.2. The van der Waals surface area contributed by atoms with Crippen molar-refractivity contribution in [3.63, 3.8) is 0 Å². The molecule has 2 aromatic carbocycles. The zero-order chi connectivity index (χ0) is 20.4. The van der Waals surface area contributed by atoms with Crippen LogP contribution in [0.1, 0.15) is 0 Å². The number of hydrogen-bond donors (Lipinski definition) is 0. The average molecular weight is 393 g/mol. The summed E-state index contributed by atoms with van der Waals surface area (Å²) >= 11 is 0. The first-order chi connectivity index (χ1) is 14.0. The summed E-state index contributed by atoms with van der Waals surface area (Å²) in [5, 5.41) is 1.54. The van der Waals surface area contributed by atoms with E-state index < -0.39 is 0 Å². The Morgan fingerprint density at radius 2 is 1.41 bits per heavy atom. The standard InChI is InChI=1S/C23H28N4O2/c1-24(2)17-22(28)26-14-11-25(12-15-26)13-16-27-20-9-5-3-7-18(20)23(29)19-8-4-6-10-21(19)27/h3-10H,11-17H2,1-2H3. The van der Waals surface area contributed by atoms with Crippen LogP contribution in [0.15, 0.2) is 53.3 Å². The highest BCUT2D eigenvalue weighted by Gasteiger charge is 2.21. The number of para-hydroxylation sites is 2. The summed E-state index contributed by atoms with van der Waals surface area (Å²) in [6, 6.07) is 15.7. The van der Waals surface area contributed by atoms with E-state index in [0.29, 0.717) is 6.54 Å². The van der Waals surface area contributed by atoms with Crippen LogP contribution < -0.4 is 5.43 Å². The van der Waals surface area contributed by atoms with Crippen molar-refractivity contribution >= 4 is 27.7 Å². The van der Waals surface area contributed by atoms with Crippen molar-refractivity contribution in [3.05, 3.63) is 58.8 Å². The molecular weight excluding hydrogens is 364 g/mol. The summed E-state index contributed by atoms with van der Waals surface area (Å²) in [5.74, 6) is 0.201. The van der Waals surface area contributed by atoms with Gasteiger partial charge in [0.1, 0.15) is 0 Å². The molecule has 4 rings (SSSR count). The predicted molar refractivity (Wildman–Crippen MR) is 117 cm³/mol. The number of rotatable bonds is 5. The van der Waals surface area contributed by atoms with Crippen molar-refractivity contribution in [1.82, 2.24) is 19.3 Å². The van der Waals surface area contributed by atoms with E-state index >= 15 is 0 Å². The lowest BCUT2D eigenvalue weighted by Gasteiger charge is -2.35. The van der Waals surface area contributed by atoms with Crippen molar-refractivity contribution in [2.45, 2.75) is 6.54 Å². The van der Waals surface area contributed by atoms with Gasteiger partial charge < -0.3 is 14.4 Å². The molecule has 0 atom stereocenters. The number of fused-ring (bicyclic) bond motifs is 2. The lowest BCUT2D eigenvalue weighted by Crippen LogP contribution is -2.51. The van der Waals surface area contributed by atoms with Crippen molar-refractivity contribution in [2.75, 3.05) is 53.4 Å². The fraction of sp³-hybridized carbons (Fsp3) is 0.391. The lowest BCUT2D eigenvalue weighted by atomic mass is 10.1. The van der Waals surface area contributed by atoms with Crippen molar-refractivity contribution in [2.24, 2.45) is 0 Å². The third-order valence-electron chi connectivity index (χ3n) is 5.70. The van der Waals surface area contributed by atoms with Gasteiger partial charge in [0.05, 0.1) is 17.6 Å². The van der Waals surface area contributed by atoms with Crippen LogP contribution in [-0.4, -0.2) is 78.5 Å². The van der Waals surface area contributed by atoms with Crippen LogP contribution in [0, 0.1) is 0 Å². The number of nitrogens with zero attached hydrogens (tertiary/aromatic N) is 4. The van der Waals surface area contributed by atoms with E-state index in [1.54, 1.807) is 0 Å². The quantitative estimate of drug-likeness (QED) is 0.622. The van der Waals surface area contributed by atoms with Gasteiger partial charge in [-0.2, -0.15) is 0 Å². The van der Waals surface area contributed by atoms with E-state index in [0.717, 1.165) is 61.1 Å². The third-order valence-corrected chi connectivity index (χ3v) is 5.70. The Labute approximate surface area is 170 Å². The van der Waals surface area contributed by atoms with Gasteiger partial charge in [0, 0.05) is 50.0 Å². The fourth-order valence-electron chi connectivity index (χ4n) is 4.15. The molecule has 1 saturated heterocycles. The molecule has 3 aromatic rings. The number of hydrogen-bond acceptors (Lipinski definition) is 4. The van der Waals surface area contributed by atoms with Gasteiger partial charge in [-0.1, -0.05) is 24.3 Å². The minimum absolute atomic E-state index is 0.0977. The Morgan fingerprint density at radius 1 is 0.862 bits per heavy atom. The van der Waals surface area contributed by atoms with Gasteiger partial charge in [0.2, 0.25) is 5.91 Å². The Balaban J connectivity index is 1.51. The molecule has 6 nitrogen and oxygen atoms in total. The molecule has 0 unspecified atom stereocenters. The molecule has 0 bridgehead atoms. The van der Waals surface area contributed by atoms with Gasteiger partial charge in [0.15, 0.2) is 5.43 Å². The topological polar surface area (TPSA) is 48.8 Å². The smallest absolute Gasteiger partial charge is 0.236 e.